The Morgan fingerprint density at radius 2 is 1.95 bits per heavy atom. The minimum absolute atomic E-state index is 0.204. The van der Waals surface area contributed by atoms with Crippen molar-refractivity contribution < 1.29 is 24.2 Å². The summed E-state index contributed by atoms with van der Waals surface area (Å²) in [6.07, 6.45) is 0.426. The predicted octanol–water partition coefficient (Wildman–Crippen LogP) is 1.36. The van der Waals surface area contributed by atoms with Crippen LogP contribution in [0.5, 0.6) is 11.5 Å². The molecule has 3 atom stereocenters. The van der Waals surface area contributed by atoms with Crippen LogP contribution in [0.1, 0.15) is 24.9 Å². The van der Waals surface area contributed by atoms with Crippen LogP contribution in [0.25, 0.3) is 0 Å². The summed E-state index contributed by atoms with van der Waals surface area (Å²) in [5, 5.41) is 11.7. The van der Waals surface area contributed by atoms with E-state index in [2.05, 4.69) is 5.32 Å². The molecule has 2 aliphatic rings. The molecule has 1 heterocycles. The summed E-state index contributed by atoms with van der Waals surface area (Å²) >= 11 is 0. The highest BCUT2D eigenvalue weighted by atomic mass is 16.6. The molecule has 0 aromatic heterocycles. The van der Waals surface area contributed by atoms with Crippen molar-refractivity contribution in [2.45, 2.75) is 19.4 Å². The fourth-order valence-corrected chi connectivity index (χ4v) is 2.49. The van der Waals surface area contributed by atoms with Crippen LogP contribution in [0, 0.1) is 11.8 Å². The molecule has 0 radical (unpaired) electrons. The zero-order valence-corrected chi connectivity index (χ0v) is 11.7. The Kier molecular flexibility index (Phi) is 3.45. The van der Waals surface area contributed by atoms with Gasteiger partial charge in [-0.15, -0.1) is 0 Å². The van der Waals surface area contributed by atoms with Gasteiger partial charge in [-0.1, -0.05) is 6.07 Å². The monoisotopic (exact) mass is 291 g/mol. The van der Waals surface area contributed by atoms with Crippen LogP contribution in [0.4, 0.5) is 0 Å². The molecule has 1 aromatic rings. The quantitative estimate of drug-likeness (QED) is 0.875. The van der Waals surface area contributed by atoms with E-state index in [-0.39, 0.29) is 11.9 Å². The lowest BCUT2D eigenvalue weighted by Crippen LogP contribution is -2.29. The standard InChI is InChI=1S/C15H17NO5/c1-8(16-14(17)10-7-11(10)15(18)19)9-2-3-12-13(6-9)21-5-4-20-12/h2-3,6,8,10-11H,4-5,7H2,1H3,(H,16,17)(H,18,19)/t8?,10-,11+/m1/s1. The largest absolute Gasteiger partial charge is 0.486 e. The van der Waals surface area contributed by atoms with E-state index in [1.807, 2.05) is 25.1 Å². The van der Waals surface area contributed by atoms with Gasteiger partial charge in [0.2, 0.25) is 5.91 Å². The highest BCUT2D eigenvalue weighted by molar-refractivity contribution is 5.89. The van der Waals surface area contributed by atoms with Crippen molar-refractivity contribution in [3.05, 3.63) is 23.8 Å². The maximum atomic E-state index is 12.0. The Labute approximate surface area is 122 Å². The first-order valence-corrected chi connectivity index (χ1v) is 6.99. The summed E-state index contributed by atoms with van der Waals surface area (Å²) in [5.41, 5.74) is 0.903. The molecule has 2 N–H and O–H groups in total. The first-order valence-electron chi connectivity index (χ1n) is 6.99. The van der Waals surface area contributed by atoms with Crippen molar-refractivity contribution in [3.63, 3.8) is 0 Å². The Morgan fingerprint density at radius 1 is 1.24 bits per heavy atom. The predicted molar refractivity (Wildman–Crippen MR) is 73.2 cm³/mol. The lowest BCUT2D eigenvalue weighted by molar-refractivity contribution is -0.140. The van der Waals surface area contributed by atoms with E-state index in [0.717, 1.165) is 5.56 Å². The zero-order chi connectivity index (χ0) is 15.0. The molecule has 1 aromatic carbocycles. The van der Waals surface area contributed by atoms with Crippen LogP contribution in [-0.4, -0.2) is 30.2 Å². The molecule has 0 bridgehead atoms. The van der Waals surface area contributed by atoms with Gasteiger partial charge in [-0.25, -0.2) is 0 Å². The Morgan fingerprint density at radius 3 is 2.62 bits per heavy atom. The molecule has 3 rings (SSSR count). The van der Waals surface area contributed by atoms with E-state index in [1.165, 1.54) is 0 Å². The molecule has 1 unspecified atom stereocenters. The minimum Gasteiger partial charge on any atom is -0.486 e. The first-order chi connectivity index (χ1) is 10.1. The second-order valence-electron chi connectivity index (χ2n) is 5.42. The normalized spacial score (nSPS) is 24.0. The molecule has 1 aliphatic carbocycles. The third-order valence-electron chi connectivity index (χ3n) is 3.87. The van der Waals surface area contributed by atoms with Crippen molar-refractivity contribution in [1.29, 1.82) is 0 Å². The summed E-state index contributed by atoms with van der Waals surface area (Å²) in [4.78, 5) is 22.7. The number of carbonyl (C=O) groups is 2. The number of rotatable bonds is 4. The third-order valence-corrected chi connectivity index (χ3v) is 3.87. The van der Waals surface area contributed by atoms with Crippen molar-refractivity contribution in [3.8, 4) is 11.5 Å². The Bertz CT molecular complexity index is 585. The molecule has 1 saturated carbocycles. The topological polar surface area (TPSA) is 84.9 Å². The van der Waals surface area contributed by atoms with E-state index >= 15 is 0 Å². The van der Waals surface area contributed by atoms with E-state index in [0.29, 0.717) is 31.1 Å². The molecule has 0 spiro atoms. The Balaban J connectivity index is 1.64. The number of ether oxygens (including phenoxy) is 2. The highest BCUT2D eigenvalue weighted by Gasteiger charge is 2.48. The van der Waals surface area contributed by atoms with Crippen molar-refractivity contribution in [2.24, 2.45) is 11.8 Å². The number of hydrogen-bond acceptors (Lipinski definition) is 4. The van der Waals surface area contributed by atoms with Crippen LogP contribution >= 0.6 is 0 Å². The van der Waals surface area contributed by atoms with Gasteiger partial charge in [-0.05, 0) is 31.0 Å². The maximum absolute atomic E-state index is 12.0. The van der Waals surface area contributed by atoms with Crippen LogP contribution in [0.15, 0.2) is 18.2 Å². The van der Waals surface area contributed by atoms with Gasteiger partial charge < -0.3 is 19.9 Å². The average Bonchev–Trinajstić information content (AvgIpc) is 3.27. The fourth-order valence-electron chi connectivity index (χ4n) is 2.49. The number of carboxylic acids is 1. The smallest absolute Gasteiger partial charge is 0.307 e. The van der Waals surface area contributed by atoms with Gasteiger partial charge in [0.05, 0.1) is 17.9 Å². The lowest BCUT2D eigenvalue weighted by atomic mass is 10.1. The van der Waals surface area contributed by atoms with Crippen molar-refractivity contribution in [2.75, 3.05) is 13.2 Å². The van der Waals surface area contributed by atoms with Crippen LogP contribution in [0.2, 0.25) is 0 Å². The van der Waals surface area contributed by atoms with Crippen LogP contribution in [0.3, 0.4) is 0 Å². The lowest BCUT2D eigenvalue weighted by Gasteiger charge is -2.21. The zero-order valence-electron chi connectivity index (χ0n) is 11.7. The van der Waals surface area contributed by atoms with Gasteiger partial charge in [-0.3, -0.25) is 9.59 Å². The summed E-state index contributed by atoms with van der Waals surface area (Å²) in [5.74, 6) is -0.655. The van der Waals surface area contributed by atoms with Crippen LogP contribution < -0.4 is 14.8 Å². The number of benzene rings is 1. The number of fused-ring (bicyclic) bond motifs is 1. The SMILES string of the molecule is CC(NC(=O)[C@@H]1C[C@@H]1C(=O)O)c1ccc2c(c1)OCCO2. The average molecular weight is 291 g/mol. The second kappa shape index (κ2) is 5.27. The van der Waals surface area contributed by atoms with Gasteiger partial charge in [0.25, 0.3) is 0 Å². The third kappa shape index (κ3) is 2.79. The second-order valence-corrected chi connectivity index (χ2v) is 5.42. The van der Waals surface area contributed by atoms with Crippen LogP contribution in [-0.2, 0) is 9.59 Å². The molecular weight excluding hydrogens is 274 g/mol. The van der Waals surface area contributed by atoms with Crippen molar-refractivity contribution >= 4 is 11.9 Å². The Hall–Kier alpha value is -2.24. The summed E-state index contributed by atoms with van der Waals surface area (Å²) in [6.45, 7) is 2.91. The van der Waals surface area contributed by atoms with Gasteiger partial charge in [0, 0.05) is 0 Å². The molecule has 6 nitrogen and oxygen atoms in total. The summed E-state index contributed by atoms with van der Waals surface area (Å²) < 4.78 is 11.0. The van der Waals surface area contributed by atoms with Gasteiger partial charge in [0.1, 0.15) is 13.2 Å². The molecule has 0 saturated heterocycles. The molecule has 112 valence electrons. The maximum Gasteiger partial charge on any atom is 0.307 e. The van der Waals surface area contributed by atoms with Gasteiger partial charge in [-0.2, -0.15) is 0 Å². The van der Waals surface area contributed by atoms with Gasteiger partial charge >= 0.3 is 5.97 Å². The highest BCUT2D eigenvalue weighted by Crippen LogP contribution is 2.39. The van der Waals surface area contributed by atoms with E-state index < -0.39 is 17.8 Å². The van der Waals surface area contributed by atoms with Gasteiger partial charge in [0.15, 0.2) is 11.5 Å². The first kappa shape index (κ1) is 13.7. The molecule has 6 heteroatoms. The van der Waals surface area contributed by atoms with Crippen molar-refractivity contribution in [1.82, 2.24) is 5.32 Å². The summed E-state index contributed by atoms with van der Waals surface area (Å²) in [6, 6.07) is 5.34. The van der Waals surface area contributed by atoms with E-state index in [1.54, 1.807) is 0 Å². The number of aliphatic carboxylic acids is 1. The number of carboxylic acid groups (broad SMARTS) is 1. The van der Waals surface area contributed by atoms with E-state index in [4.69, 9.17) is 14.6 Å². The molecule has 1 amide bonds. The molecule has 1 fully saturated rings. The minimum atomic E-state index is -0.901. The molecule has 1 aliphatic heterocycles. The summed E-state index contributed by atoms with van der Waals surface area (Å²) in [7, 11) is 0. The molecular formula is C15H17NO5. The number of carbonyl (C=O) groups excluding carboxylic acids is 1. The fraction of sp³-hybridized carbons (Fsp3) is 0.467. The number of amides is 1. The van der Waals surface area contributed by atoms with E-state index in [9.17, 15) is 9.59 Å². The number of hydrogen-bond donors (Lipinski definition) is 2. The molecule has 21 heavy (non-hydrogen) atoms. The number of nitrogens with one attached hydrogen (secondary N) is 1.